The molecule has 1 saturated heterocycles. The number of hydrogen-bond donors (Lipinski definition) is 1. The van der Waals surface area contributed by atoms with Gasteiger partial charge in [0.1, 0.15) is 5.82 Å². The Labute approximate surface area is 128 Å². The van der Waals surface area contributed by atoms with Gasteiger partial charge in [0, 0.05) is 45.8 Å². The Morgan fingerprint density at radius 1 is 1.35 bits per heavy atom. The Morgan fingerprint density at radius 2 is 2.05 bits per heavy atom. The average molecular weight is 358 g/mol. The SMILES string of the molecule is O=C(Nc1ccc(Br)c(C2CC2)n1)N1CCS(=O)CC1. The molecule has 1 aromatic heterocycles. The Bertz CT molecular complexity index is 553. The van der Waals surface area contributed by atoms with Crippen molar-refractivity contribution in [2.24, 2.45) is 0 Å². The molecule has 1 aliphatic carbocycles. The van der Waals surface area contributed by atoms with Gasteiger partial charge in [-0.15, -0.1) is 0 Å². The molecule has 108 valence electrons. The Kier molecular flexibility index (Phi) is 4.07. The lowest BCUT2D eigenvalue weighted by atomic mass is 10.2. The van der Waals surface area contributed by atoms with Crippen molar-refractivity contribution in [3.05, 3.63) is 22.3 Å². The number of amides is 2. The van der Waals surface area contributed by atoms with Crippen molar-refractivity contribution in [2.45, 2.75) is 18.8 Å². The lowest BCUT2D eigenvalue weighted by Gasteiger charge is -2.26. The van der Waals surface area contributed by atoms with Gasteiger partial charge in [-0.1, -0.05) is 0 Å². The molecule has 0 spiro atoms. The molecule has 0 bridgehead atoms. The predicted octanol–water partition coefficient (Wildman–Crippen LogP) is 2.32. The van der Waals surface area contributed by atoms with E-state index in [0.29, 0.717) is 36.3 Å². The van der Waals surface area contributed by atoms with Crippen LogP contribution >= 0.6 is 15.9 Å². The number of carbonyl (C=O) groups is 1. The summed E-state index contributed by atoms with van der Waals surface area (Å²) < 4.78 is 12.3. The summed E-state index contributed by atoms with van der Waals surface area (Å²) in [5.41, 5.74) is 1.03. The van der Waals surface area contributed by atoms with E-state index in [1.54, 1.807) is 11.0 Å². The molecule has 2 heterocycles. The molecule has 2 amide bonds. The van der Waals surface area contributed by atoms with E-state index < -0.39 is 10.8 Å². The molecule has 0 aromatic carbocycles. The first-order valence-electron chi connectivity index (χ1n) is 6.71. The molecule has 1 aromatic rings. The monoisotopic (exact) mass is 357 g/mol. The van der Waals surface area contributed by atoms with Crippen LogP contribution in [0, 0.1) is 0 Å². The maximum Gasteiger partial charge on any atom is 0.323 e. The maximum absolute atomic E-state index is 12.1. The molecule has 2 aliphatic rings. The smallest absolute Gasteiger partial charge is 0.323 e. The third-order valence-electron chi connectivity index (χ3n) is 3.54. The molecule has 20 heavy (non-hydrogen) atoms. The third-order valence-corrected chi connectivity index (χ3v) is 5.48. The summed E-state index contributed by atoms with van der Waals surface area (Å²) in [6, 6.07) is 3.58. The van der Waals surface area contributed by atoms with Crippen LogP contribution < -0.4 is 5.32 Å². The highest BCUT2D eigenvalue weighted by Crippen LogP contribution is 2.42. The van der Waals surface area contributed by atoms with Crippen LogP contribution in [-0.4, -0.2) is 44.7 Å². The fourth-order valence-corrected chi connectivity index (χ4v) is 3.80. The van der Waals surface area contributed by atoms with Gasteiger partial charge in [-0.05, 0) is 40.9 Å². The van der Waals surface area contributed by atoms with Crippen molar-refractivity contribution < 1.29 is 9.00 Å². The van der Waals surface area contributed by atoms with Crippen molar-refractivity contribution in [3.63, 3.8) is 0 Å². The van der Waals surface area contributed by atoms with Crippen LogP contribution in [0.4, 0.5) is 10.6 Å². The second-order valence-corrected chi connectivity index (χ2v) is 7.65. The first-order valence-corrected chi connectivity index (χ1v) is 8.99. The van der Waals surface area contributed by atoms with Crippen molar-refractivity contribution in [3.8, 4) is 0 Å². The van der Waals surface area contributed by atoms with Gasteiger partial charge in [-0.25, -0.2) is 9.78 Å². The van der Waals surface area contributed by atoms with E-state index in [-0.39, 0.29) is 6.03 Å². The number of anilines is 1. The fraction of sp³-hybridized carbons (Fsp3) is 0.538. The van der Waals surface area contributed by atoms with Crippen LogP contribution in [0.2, 0.25) is 0 Å². The lowest BCUT2D eigenvalue weighted by molar-refractivity contribution is 0.216. The summed E-state index contributed by atoms with van der Waals surface area (Å²) in [6.07, 6.45) is 2.34. The van der Waals surface area contributed by atoms with Gasteiger partial charge in [-0.3, -0.25) is 9.53 Å². The minimum absolute atomic E-state index is 0.154. The fourth-order valence-electron chi connectivity index (χ4n) is 2.20. The van der Waals surface area contributed by atoms with Crippen molar-refractivity contribution in [2.75, 3.05) is 29.9 Å². The number of hydrogen-bond acceptors (Lipinski definition) is 3. The first-order chi connectivity index (χ1) is 9.63. The largest absolute Gasteiger partial charge is 0.323 e. The number of nitrogens with zero attached hydrogens (tertiary/aromatic N) is 2. The first kappa shape index (κ1) is 14.0. The Hall–Kier alpha value is -0.950. The van der Waals surface area contributed by atoms with E-state index in [1.807, 2.05) is 6.07 Å². The minimum atomic E-state index is -0.772. The van der Waals surface area contributed by atoms with E-state index in [2.05, 4.69) is 26.2 Å². The van der Waals surface area contributed by atoms with Gasteiger partial charge in [0.2, 0.25) is 0 Å². The van der Waals surface area contributed by atoms with Crippen LogP contribution in [0.5, 0.6) is 0 Å². The molecular formula is C13H16BrN3O2S. The zero-order chi connectivity index (χ0) is 14.1. The van der Waals surface area contributed by atoms with Gasteiger partial charge in [-0.2, -0.15) is 0 Å². The highest BCUT2D eigenvalue weighted by atomic mass is 79.9. The summed E-state index contributed by atoms with van der Waals surface area (Å²) >= 11 is 3.50. The summed E-state index contributed by atoms with van der Waals surface area (Å²) in [5, 5.41) is 2.83. The second kappa shape index (κ2) is 5.81. The van der Waals surface area contributed by atoms with Gasteiger partial charge < -0.3 is 4.90 Å². The Balaban J connectivity index is 1.66. The highest BCUT2D eigenvalue weighted by Gasteiger charge is 2.28. The quantitative estimate of drug-likeness (QED) is 0.883. The Morgan fingerprint density at radius 3 is 2.70 bits per heavy atom. The molecule has 1 saturated carbocycles. The normalized spacial score (nSPS) is 19.9. The van der Waals surface area contributed by atoms with Gasteiger partial charge in [0.05, 0.1) is 5.69 Å². The standard InChI is InChI=1S/C13H16BrN3O2S/c14-10-3-4-11(15-12(10)9-1-2-9)16-13(18)17-5-7-20(19)8-6-17/h3-4,9H,1-2,5-8H2,(H,15,16,18). The summed E-state index contributed by atoms with van der Waals surface area (Å²) in [6.45, 7) is 1.09. The van der Waals surface area contributed by atoms with Crippen molar-refractivity contribution in [1.82, 2.24) is 9.88 Å². The zero-order valence-electron chi connectivity index (χ0n) is 11.0. The molecule has 0 atom stereocenters. The minimum Gasteiger partial charge on any atom is -0.323 e. The molecule has 0 unspecified atom stereocenters. The second-order valence-electron chi connectivity index (χ2n) is 5.10. The molecule has 1 N–H and O–H groups in total. The average Bonchev–Trinajstić information content (AvgIpc) is 3.26. The third kappa shape index (κ3) is 3.20. The zero-order valence-corrected chi connectivity index (χ0v) is 13.4. The molecule has 5 nitrogen and oxygen atoms in total. The molecule has 0 radical (unpaired) electrons. The molecule has 1 aliphatic heterocycles. The topological polar surface area (TPSA) is 62.3 Å². The van der Waals surface area contributed by atoms with Crippen LogP contribution in [0.1, 0.15) is 24.5 Å². The van der Waals surface area contributed by atoms with Gasteiger partial charge >= 0.3 is 6.03 Å². The number of aromatic nitrogens is 1. The number of rotatable bonds is 2. The van der Waals surface area contributed by atoms with Crippen LogP contribution in [0.15, 0.2) is 16.6 Å². The van der Waals surface area contributed by atoms with Crippen LogP contribution in [0.25, 0.3) is 0 Å². The molecule has 2 fully saturated rings. The summed E-state index contributed by atoms with van der Waals surface area (Å²) in [7, 11) is -0.772. The van der Waals surface area contributed by atoms with E-state index in [1.165, 1.54) is 12.8 Å². The van der Waals surface area contributed by atoms with E-state index >= 15 is 0 Å². The number of nitrogens with one attached hydrogen (secondary N) is 1. The van der Waals surface area contributed by atoms with Gasteiger partial charge in [0.25, 0.3) is 0 Å². The van der Waals surface area contributed by atoms with E-state index in [0.717, 1.165) is 10.2 Å². The molecule has 7 heteroatoms. The molecular weight excluding hydrogens is 342 g/mol. The van der Waals surface area contributed by atoms with Crippen molar-refractivity contribution >= 4 is 38.6 Å². The summed E-state index contributed by atoms with van der Waals surface area (Å²) in [4.78, 5) is 18.3. The predicted molar refractivity (Wildman–Crippen MR) is 82.4 cm³/mol. The summed E-state index contributed by atoms with van der Waals surface area (Å²) in [5.74, 6) is 2.24. The van der Waals surface area contributed by atoms with Gasteiger partial charge in [0.15, 0.2) is 0 Å². The van der Waals surface area contributed by atoms with E-state index in [4.69, 9.17) is 0 Å². The van der Waals surface area contributed by atoms with Crippen molar-refractivity contribution in [1.29, 1.82) is 0 Å². The lowest BCUT2D eigenvalue weighted by Crippen LogP contribution is -2.44. The molecule has 3 rings (SSSR count). The van der Waals surface area contributed by atoms with Crippen LogP contribution in [-0.2, 0) is 10.8 Å². The number of halogens is 1. The maximum atomic E-state index is 12.1. The number of pyridine rings is 1. The van der Waals surface area contributed by atoms with Crippen LogP contribution in [0.3, 0.4) is 0 Å². The number of urea groups is 1. The van der Waals surface area contributed by atoms with E-state index in [9.17, 15) is 9.00 Å². The number of carbonyl (C=O) groups excluding carboxylic acids is 1. The highest BCUT2D eigenvalue weighted by molar-refractivity contribution is 9.10.